The molecule has 0 amide bonds. The fourth-order valence-corrected chi connectivity index (χ4v) is 0.536. The van der Waals surface area contributed by atoms with Crippen LogP contribution >= 0.6 is 0 Å². The average molecular weight is 183 g/mol. The van der Waals surface area contributed by atoms with Gasteiger partial charge in [0.15, 0.2) is 5.96 Å². The van der Waals surface area contributed by atoms with Crippen molar-refractivity contribution in [2.75, 3.05) is 13.2 Å². The lowest BCUT2D eigenvalue weighted by Crippen LogP contribution is -2.36. The zero-order valence-electron chi connectivity index (χ0n) is 7.54. The van der Waals surface area contributed by atoms with Gasteiger partial charge in [-0.25, -0.2) is 4.99 Å². The highest BCUT2D eigenvalue weighted by Gasteiger charge is 1.99. The number of guanidine groups is 1. The zero-order valence-corrected chi connectivity index (χ0v) is 7.54. The molecule has 0 saturated heterocycles. The van der Waals surface area contributed by atoms with Crippen LogP contribution < -0.4 is 11.1 Å². The molecule has 0 heterocycles. The fraction of sp³-hybridized carbons (Fsp3) is 0.375. The molecule has 0 aliphatic rings. The standard InChI is InChI=1S/C8H13N3O2/c1-3-5-10-8(9)11-6-7(12)13-4-2/h5H,1,4,6H2,2H3,(H3,9,10,11). The number of rotatable bonds is 4. The Morgan fingerprint density at radius 2 is 2.54 bits per heavy atom. The Balaban J connectivity index is 3.75. The van der Waals surface area contributed by atoms with Gasteiger partial charge in [-0.05, 0) is 6.92 Å². The first kappa shape index (κ1) is 11.3. The van der Waals surface area contributed by atoms with Gasteiger partial charge in [0.2, 0.25) is 0 Å². The summed E-state index contributed by atoms with van der Waals surface area (Å²) in [5.74, 6) is -0.243. The molecular formula is C8H13N3O2. The van der Waals surface area contributed by atoms with Crippen molar-refractivity contribution in [2.45, 2.75) is 6.92 Å². The van der Waals surface area contributed by atoms with Gasteiger partial charge >= 0.3 is 5.97 Å². The number of nitrogens with zero attached hydrogens (tertiary/aromatic N) is 1. The average Bonchev–Trinajstić information content (AvgIpc) is 2.12. The minimum Gasteiger partial charge on any atom is -0.465 e. The SMILES string of the molecule is C=C=CN=C(N)NCC(=O)OCC. The normalized spacial score (nSPS) is 10.1. The van der Waals surface area contributed by atoms with E-state index >= 15 is 0 Å². The van der Waals surface area contributed by atoms with E-state index in [4.69, 9.17) is 5.73 Å². The van der Waals surface area contributed by atoms with Gasteiger partial charge in [0.05, 0.1) is 12.8 Å². The van der Waals surface area contributed by atoms with Crippen LogP contribution in [0.15, 0.2) is 23.5 Å². The van der Waals surface area contributed by atoms with Crippen LogP contribution in [0.4, 0.5) is 0 Å². The summed E-state index contributed by atoms with van der Waals surface area (Å²) in [5.41, 5.74) is 7.75. The zero-order chi connectivity index (χ0) is 10.1. The van der Waals surface area contributed by atoms with E-state index in [0.29, 0.717) is 6.61 Å². The predicted molar refractivity (Wildman–Crippen MR) is 50.0 cm³/mol. The summed E-state index contributed by atoms with van der Waals surface area (Å²) < 4.78 is 4.65. The minimum atomic E-state index is -0.372. The molecule has 0 aliphatic heterocycles. The summed E-state index contributed by atoms with van der Waals surface area (Å²) in [6.45, 7) is 5.39. The summed E-state index contributed by atoms with van der Waals surface area (Å²) in [6.07, 6.45) is 1.30. The van der Waals surface area contributed by atoms with E-state index in [1.54, 1.807) is 6.92 Å². The van der Waals surface area contributed by atoms with Crippen molar-refractivity contribution in [1.29, 1.82) is 0 Å². The second-order valence-electron chi connectivity index (χ2n) is 2.01. The molecule has 0 aromatic rings. The van der Waals surface area contributed by atoms with Gasteiger partial charge in [0, 0.05) is 0 Å². The minimum absolute atomic E-state index is 0.00809. The number of hydrogen-bond acceptors (Lipinski definition) is 3. The molecule has 0 saturated carbocycles. The first-order valence-corrected chi connectivity index (χ1v) is 3.77. The maximum atomic E-state index is 10.8. The molecular weight excluding hydrogens is 170 g/mol. The highest BCUT2D eigenvalue weighted by molar-refractivity contribution is 5.83. The van der Waals surface area contributed by atoms with E-state index in [1.165, 1.54) is 6.20 Å². The lowest BCUT2D eigenvalue weighted by Gasteiger charge is -2.03. The Hall–Kier alpha value is -1.74. The van der Waals surface area contributed by atoms with Crippen LogP contribution in [0, 0.1) is 0 Å². The van der Waals surface area contributed by atoms with Crippen LogP contribution in [0.5, 0.6) is 0 Å². The first-order chi connectivity index (χ1) is 6.20. The van der Waals surface area contributed by atoms with Gasteiger partial charge in [-0.1, -0.05) is 6.58 Å². The van der Waals surface area contributed by atoms with Crippen molar-refractivity contribution >= 4 is 11.9 Å². The second-order valence-corrected chi connectivity index (χ2v) is 2.01. The third kappa shape index (κ3) is 6.65. The van der Waals surface area contributed by atoms with Gasteiger partial charge in [-0.15, -0.1) is 5.73 Å². The Morgan fingerprint density at radius 1 is 1.85 bits per heavy atom. The monoisotopic (exact) mass is 183 g/mol. The summed E-state index contributed by atoms with van der Waals surface area (Å²) >= 11 is 0. The number of esters is 1. The largest absolute Gasteiger partial charge is 0.465 e. The van der Waals surface area contributed by atoms with Crippen molar-refractivity contribution in [3.8, 4) is 0 Å². The molecule has 0 unspecified atom stereocenters. The van der Waals surface area contributed by atoms with Crippen molar-refractivity contribution in [2.24, 2.45) is 10.7 Å². The van der Waals surface area contributed by atoms with Crippen molar-refractivity contribution in [3.05, 3.63) is 18.5 Å². The number of ether oxygens (including phenoxy) is 1. The highest BCUT2D eigenvalue weighted by Crippen LogP contribution is 1.75. The van der Waals surface area contributed by atoms with Gasteiger partial charge in [-0.2, -0.15) is 0 Å². The number of nitrogens with one attached hydrogen (secondary N) is 1. The van der Waals surface area contributed by atoms with Crippen LogP contribution in [0.25, 0.3) is 0 Å². The molecule has 0 aromatic carbocycles. The second kappa shape index (κ2) is 6.94. The topological polar surface area (TPSA) is 76.7 Å². The smallest absolute Gasteiger partial charge is 0.325 e. The molecule has 0 fully saturated rings. The summed E-state index contributed by atoms with van der Waals surface area (Å²) in [5, 5.41) is 2.56. The molecule has 0 bridgehead atoms. The van der Waals surface area contributed by atoms with E-state index in [0.717, 1.165) is 0 Å². The van der Waals surface area contributed by atoms with Crippen molar-refractivity contribution in [3.63, 3.8) is 0 Å². The van der Waals surface area contributed by atoms with Crippen LogP contribution in [-0.4, -0.2) is 25.1 Å². The van der Waals surface area contributed by atoms with Crippen LogP contribution in [0.1, 0.15) is 6.92 Å². The third-order valence-electron chi connectivity index (χ3n) is 1.01. The maximum absolute atomic E-state index is 10.8. The third-order valence-corrected chi connectivity index (χ3v) is 1.01. The van der Waals surface area contributed by atoms with Gasteiger partial charge < -0.3 is 15.8 Å². The number of carbonyl (C=O) groups is 1. The summed E-state index contributed by atoms with van der Waals surface area (Å²) in [4.78, 5) is 14.4. The lowest BCUT2D eigenvalue weighted by molar-refractivity contribution is -0.141. The predicted octanol–water partition coefficient (Wildman–Crippen LogP) is -0.248. The molecule has 5 heteroatoms. The van der Waals surface area contributed by atoms with E-state index in [2.05, 4.69) is 27.4 Å². The Bertz CT molecular complexity index is 242. The Morgan fingerprint density at radius 3 is 3.08 bits per heavy atom. The molecule has 0 atom stereocenters. The highest BCUT2D eigenvalue weighted by atomic mass is 16.5. The number of carbonyl (C=O) groups excluding carboxylic acids is 1. The van der Waals surface area contributed by atoms with E-state index < -0.39 is 0 Å². The van der Waals surface area contributed by atoms with Crippen molar-refractivity contribution < 1.29 is 9.53 Å². The number of hydrogen-bond donors (Lipinski definition) is 2. The van der Waals surface area contributed by atoms with Gasteiger partial charge in [-0.3, -0.25) is 4.79 Å². The molecule has 0 aromatic heterocycles. The van der Waals surface area contributed by atoms with Gasteiger partial charge in [0.25, 0.3) is 0 Å². The van der Waals surface area contributed by atoms with E-state index in [1.807, 2.05) is 0 Å². The molecule has 0 rings (SSSR count). The number of aliphatic imine (C=N–C) groups is 1. The van der Waals surface area contributed by atoms with Crippen LogP contribution in [0.3, 0.4) is 0 Å². The molecule has 0 spiro atoms. The summed E-state index contributed by atoms with van der Waals surface area (Å²) in [6, 6.07) is 0. The quantitative estimate of drug-likeness (QED) is 0.273. The maximum Gasteiger partial charge on any atom is 0.325 e. The fourth-order valence-electron chi connectivity index (χ4n) is 0.536. The lowest BCUT2D eigenvalue weighted by atomic mass is 10.6. The van der Waals surface area contributed by atoms with Crippen molar-refractivity contribution in [1.82, 2.24) is 5.32 Å². The number of nitrogens with two attached hydrogens (primary N) is 1. The molecule has 13 heavy (non-hydrogen) atoms. The molecule has 5 nitrogen and oxygen atoms in total. The molecule has 3 N–H and O–H groups in total. The van der Waals surface area contributed by atoms with Gasteiger partial charge in [0.1, 0.15) is 6.54 Å². The van der Waals surface area contributed by atoms with E-state index in [-0.39, 0.29) is 18.5 Å². The first-order valence-electron chi connectivity index (χ1n) is 3.77. The van der Waals surface area contributed by atoms with Crippen LogP contribution in [0.2, 0.25) is 0 Å². The Kier molecular flexibility index (Phi) is 6.01. The Labute approximate surface area is 77.0 Å². The molecule has 0 aliphatic carbocycles. The molecule has 0 radical (unpaired) electrons. The van der Waals surface area contributed by atoms with E-state index in [9.17, 15) is 4.79 Å². The van der Waals surface area contributed by atoms with Crippen LogP contribution in [-0.2, 0) is 9.53 Å². The summed E-state index contributed by atoms with van der Waals surface area (Å²) in [7, 11) is 0. The molecule has 72 valence electrons.